The van der Waals surface area contributed by atoms with Gasteiger partial charge in [-0.3, -0.25) is 9.58 Å². The summed E-state index contributed by atoms with van der Waals surface area (Å²) in [6.07, 6.45) is 5.20. The highest BCUT2D eigenvalue weighted by Crippen LogP contribution is 2.26. The van der Waals surface area contributed by atoms with Crippen molar-refractivity contribution < 1.29 is 9.47 Å². The second-order valence-electron chi connectivity index (χ2n) is 7.37. The third-order valence-corrected chi connectivity index (χ3v) is 6.37. The Morgan fingerprint density at radius 3 is 3.04 bits per heavy atom. The fourth-order valence-corrected chi connectivity index (χ4v) is 4.68. The monoisotopic (exact) mass is 376 g/mol. The Balaban J connectivity index is 1.30. The molecule has 4 heterocycles. The van der Waals surface area contributed by atoms with Crippen molar-refractivity contribution in [2.75, 3.05) is 33.0 Å². The Morgan fingerprint density at radius 2 is 2.23 bits per heavy atom. The molecule has 0 aromatic carbocycles. The summed E-state index contributed by atoms with van der Waals surface area (Å²) in [4.78, 5) is 8.27. The minimum Gasteiger partial charge on any atom is -0.381 e. The molecule has 0 spiro atoms. The Labute approximate surface area is 159 Å². The van der Waals surface area contributed by atoms with E-state index in [1.54, 1.807) is 11.3 Å². The van der Waals surface area contributed by atoms with E-state index in [4.69, 9.17) is 9.47 Å². The van der Waals surface area contributed by atoms with Crippen LogP contribution in [-0.2, 0) is 22.6 Å². The molecule has 26 heavy (non-hydrogen) atoms. The molecule has 0 saturated carbocycles. The lowest BCUT2D eigenvalue weighted by Crippen LogP contribution is -2.37. The number of thiazole rings is 1. The van der Waals surface area contributed by atoms with Gasteiger partial charge in [-0.15, -0.1) is 11.3 Å². The molecule has 2 aromatic heterocycles. The van der Waals surface area contributed by atoms with E-state index < -0.39 is 0 Å². The molecule has 0 N–H and O–H groups in total. The van der Waals surface area contributed by atoms with Gasteiger partial charge in [0.05, 0.1) is 22.9 Å². The van der Waals surface area contributed by atoms with E-state index in [9.17, 15) is 0 Å². The van der Waals surface area contributed by atoms with Crippen LogP contribution in [0.15, 0.2) is 17.8 Å². The van der Waals surface area contributed by atoms with Crippen LogP contribution in [0.2, 0.25) is 0 Å². The normalized spacial score (nSPS) is 21.8. The fraction of sp³-hybridized carbons (Fsp3) is 0.684. The summed E-state index contributed by atoms with van der Waals surface area (Å²) in [7, 11) is 0. The Morgan fingerprint density at radius 1 is 1.35 bits per heavy atom. The van der Waals surface area contributed by atoms with Crippen molar-refractivity contribution in [3.63, 3.8) is 0 Å². The maximum Gasteiger partial charge on any atom is 0.0798 e. The summed E-state index contributed by atoms with van der Waals surface area (Å²) < 4.78 is 13.6. The maximum absolute atomic E-state index is 6.00. The molecule has 1 saturated heterocycles. The van der Waals surface area contributed by atoms with Crippen LogP contribution in [0.25, 0.3) is 0 Å². The zero-order valence-electron chi connectivity index (χ0n) is 15.5. The van der Waals surface area contributed by atoms with Crippen molar-refractivity contribution in [3.05, 3.63) is 34.0 Å². The number of aryl methyl sites for hydroxylation is 1. The number of ether oxygens (including phenoxy) is 2. The molecule has 0 aliphatic carbocycles. The predicted molar refractivity (Wildman–Crippen MR) is 101 cm³/mol. The first-order valence-electron chi connectivity index (χ1n) is 9.59. The third kappa shape index (κ3) is 4.34. The lowest BCUT2D eigenvalue weighted by atomic mass is 10.0. The number of fused-ring (bicyclic) bond motifs is 1. The van der Waals surface area contributed by atoms with Crippen molar-refractivity contribution in [2.45, 2.75) is 45.3 Å². The van der Waals surface area contributed by atoms with Gasteiger partial charge in [-0.05, 0) is 38.2 Å². The second kappa shape index (κ2) is 8.61. The van der Waals surface area contributed by atoms with Crippen molar-refractivity contribution in [1.29, 1.82) is 0 Å². The van der Waals surface area contributed by atoms with E-state index in [2.05, 4.69) is 32.7 Å². The summed E-state index contributed by atoms with van der Waals surface area (Å²) in [6, 6.07) is 2.53. The summed E-state index contributed by atoms with van der Waals surface area (Å²) in [5.74, 6) is 0.668. The first-order chi connectivity index (χ1) is 12.8. The minimum absolute atomic E-state index is 0.386. The molecule has 0 bridgehead atoms. The lowest BCUT2D eigenvalue weighted by molar-refractivity contribution is 0.0155. The van der Waals surface area contributed by atoms with Crippen LogP contribution in [0.3, 0.4) is 0 Å². The first-order valence-corrected chi connectivity index (χ1v) is 10.5. The molecular weight excluding hydrogens is 348 g/mol. The molecule has 142 valence electrons. The molecule has 2 aliphatic rings. The molecule has 1 atom stereocenters. The van der Waals surface area contributed by atoms with Gasteiger partial charge in [0.15, 0.2) is 0 Å². The standard InChI is InChI=1S/C19H28N4O2S/c1-15-19(26-14-20-15)12-22-10-17-2-6-21-23(17)18(11-22)5-9-25-13-16-3-7-24-8-4-16/h2,6,14,16,18H,3-5,7-13H2,1H3/t18-/m0/s1. The molecular formula is C19H28N4O2S. The average Bonchev–Trinajstić information content (AvgIpc) is 3.29. The highest BCUT2D eigenvalue weighted by Gasteiger charge is 2.26. The molecule has 1 fully saturated rings. The average molecular weight is 377 g/mol. The van der Waals surface area contributed by atoms with E-state index >= 15 is 0 Å². The van der Waals surface area contributed by atoms with Gasteiger partial charge in [0.25, 0.3) is 0 Å². The van der Waals surface area contributed by atoms with Crippen molar-refractivity contribution in [3.8, 4) is 0 Å². The molecule has 0 amide bonds. The Bertz CT molecular complexity index is 695. The van der Waals surface area contributed by atoms with E-state index in [-0.39, 0.29) is 0 Å². The van der Waals surface area contributed by atoms with Crippen LogP contribution in [-0.4, -0.2) is 52.6 Å². The quantitative estimate of drug-likeness (QED) is 0.695. The van der Waals surface area contributed by atoms with Crippen LogP contribution in [0.5, 0.6) is 0 Å². The maximum atomic E-state index is 6.00. The van der Waals surface area contributed by atoms with Crippen LogP contribution in [0, 0.1) is 12.8 Å². The molecule has 2 aromatic rings. The Hall–Kier alpha value is -1.28. The lowest BCUT2D eigenvalue weighted by Gasteiger charge is -2.34. The summed E-state index contributed by atoms with van der Waals surface area (Å²) in [6.45, 7) is 8.49. The first kappa shape index (κ1) is 18.1. The molecule has 0 radical (unpaired) electrons. The van der Waals surface area contributed by atoms with Crippen LogP contribution in [0.1, 0.15) is 41.6 Å². The fourth-order valence-electron chi connectivity index (χ4n) is 3.86. The van der Waals surface area contributed by atoms with Crippen molar-refractivity contribution >= 4 is 11.3 Å². The van der Waals surface area contributed by atoms with E-state index in [1.807, 2.05) is 11.7 Å². The zero-order valence-corrected chi connectivity index (χ0v) is 16.3. The summed E-state index contributed by atoms with van der Waals surface area (Å²) in [5, 5.41) is 4.56. The molecule has 6 nitrogen and oxygen atoms in total. The number of nitrogens with zero attached hydrogens (tertiary/aromatic N) is 4. The van der Waals surface area contributed by atoms with Gasteiger partial charge in [-0.25, -0.2) is 4.98 Å². The topological polar surface area (TPSA) is 52.4 Å². The molecule has 0 unspecified atom stereocenters. The highest BCUT2D eigenvalue weighted by molar-refractivity contribution is 7.09. The van der Waals surface area contributed by atoms with Gasteiger partial charge in [-0.1, -0.05) is 0 Å². The van der Waals surface area contributed by atoms with Gasteiger partial charge < -0.3 is 9.47 Å². The molecule has 2 aliphatic heterocycles. The van der Waals surface area contributed by atoms with Gasteiger partial charge in [0.2, 0.25) is 0 Å². The van der Waals surface area contributed by atoms with Crippen molar-refractivity contribution in [1.82, 2.24) is 19.7 Å². The van der Waals surface area contributed by atoms with Crippen LogP contribution >= 0.6 is 11.3 Å². The van der Waals surface area contributed by atoms with Crippen molar-refractivity contribution in [2.24, 2.45) is 5.92 Å². The van der Waals surface area contributed by atoms with E-state index in [0.717, 1.165) is 71.0 Å². The van der Waals surface area contributed by atoms with Gasteiger partial charge in [0.1, 0.15) is 0 Å². The van der Waals surface area contributed by atoms with E-state index in [0.29, 0.717) is 12.0 Å². The predicted octanol–water partition coefficient (Wildman–Crippen LogP) is 3.04. The van der Waals surface area contributed by atoms with Crippen LogP contribution in [0.4, 0.5) is 0 Å². The van der Waals surface area contributed by atoms with Gasteiger partial charge >= 0.3 is 0 Å². The SMILES string of the molecule is Cc1ncsc1CN1Cc2ccnn2[C@@H](CCOCC2CCOCC2)C1. The summed E-state index contributed by atoms with van der Waals surface area (Å²) in [5.41, 5.74) is 4.40. The van der Waals surface area contributed by atoms with Gasteiger partial charge in [-0.2, -0.15) is 5.10 Å². The minimum atomic E-state index is 0.386. The largest absolute Gasteiger partial charge is 0.381 e. The molecule has 7 heteroatoms. The second-order valence-corrected chi connectivity index (χ2v) is 8.31. The smallest absolute Gasteiger partial charge is 0.0798 e. The van der Waals surface area contributed by atoms with Crippen LogP contribution < -0.4 is 0 Å². The molecule has 4 rings (SSSR count). The number of hydrogen-bond donors (Lipinski definition) is 0. The summed E-state index contributed by atoms with van der Waals surface area (Å²) >= 11 is 1.75. The number of rotatable bonds is 7. The third-order valence-electron chi connectivity index (χ3n) is 5.45. The zero-order chi connectivity index (χ0) is 17.8. The number of aromatic nitrogens is 3. The van der Waals surface area contributed by atoms with Gasteiger partial charge in [0, 0.05) is 57.1 Å². The highest BCUT2D eigenvalue weighted by atomic mass is 32.1. The Kier molecular flexibility index (Phi) is 5.99. The number of hydrogen-bond acceptors (Lipinski definition) is 6. The van der Waals surface area contributed by atoms with E-state index in [1.165, 1.54) is 10.6 Å².